The summed E-state index contributed by atoms with van der Waals surface area (Å²) < 4.78 is 5.55. The first-order valence-electron chi connectivity index (χ1n) is 10.7. The topological polar surface area (TPSA) is 86.0 Å². The molecule has 3 N–H and O–H groups in total. The number of hydrogen-bond donors (Lipinski definition) is 2. The number of halogens is 1. The largest absolute Gasteiger partial charge is 0.381 e. The minimum Gasteiger partial charge on any atom is -0.381 e. The van der Waals surface area contributed by atoms with Gasteiger partial charge in [-0.2, -0.15) is 0 Å². The van der Waals surface area contributed by atoms with Crippen LogP contribution in [0, 0.1) is 11.8 Å². The lowest BCUT2D eigenvalue weighted by Crippen LogP contribution is -2.27. The number of rotatable bonds is 6. The zero-order valence-electron chi connectivity index (χ0n) is 16.8. The predicted molar refractivity (Wildman–Crippen MR) is 123 cm³/mol. The average Bonchev–Trinajstić information content (AvgIpc) is 2.76. The van der Waals surface area contributed by atoms with Crippen molar-refractivity contribution in [3.63, 3.8) is 0 Å². The van der Waals surface area contributed by atoms with Crippen LogP contribution >= 0.6 is 11.6 Å². The summed E-state index contributed by atoms with van der Waals surface area (Å²) in [6.45, 7) is 2.53. The van der Waals surface area contributed by atoms with Crippen molar-refractivity contribution in [2.45, 2.75) is 58.4 Å². The molecule has 0 radical (unpaired) electrons. The van der Waals surface area contributed by atoms with Gasteiger partial charge in [0, 0.05) is 36.6 Å². The number of anilines is 1. The first-order chi connectivity index (χ1) is 14.2. The Morgan fingerprint density at radius 3 is 2.70 bits per heavy atom. The SMILES string of the molecule is C.NC1CCC(Cc2cc(-c3cncc(NC[C@H]4CCCOC4)n3)c(Cl)cn2)CC1. The Morgan fingerprint density at radius 1 is 1.10 bits per heavy atom. The summed E-state index contributed by atoms with van der Waals surface area (Å²) in [4.78, 5) is 13.7. The molecule has 0 bridgehead atoms. The van der Waals surface area contributed by atoms with E-state index < -0.39 is 0 Å². The second-order valence-electron chi connectivity index (χ2n) is 8.39. The van der Waals surface area contributed by atoms with E-state index in [2.05, 4.69) is 21.4 Å². The van der Waals surface area contributed by atoms with Gasteiger partial charge in [-0.3, -0.25) is 9.97 Å². The second kappa shape index (κ2) is 11.0. The van der Waals surface area contributed by atoms with E-state index in [1.165, 1.54) is 19.3 Å². The first-order valence-corrected chi connectivity index (χ1v) is 11.1. The van der Waals surface area contributed by atoms with Gasteiger partial charge in [-0.1, -0.05) is 19.0 Å². The summed E-state index contributed by atoms with van der Waals surface area (Å²) in [6, 6.07) is 2.44. The molecule has 0 unspecified atom stereocenters. The number of aromatic nitrogens is 3. The van der Waals surface area contributed by atoms with Gasteiger partial charge in [0.1, 0.15) is 5.82 Å². The van der Waals surface area contributed by atoms with Crippen LogP contribution in [0.15, 0.2) is 24.7 Å². The van der Waals surface area contributed by atoms with Crippen LogP contribution in [-0.2, 0) is 11.2 Å². The van der Waals surface area contributed by atoms with Gasteiger partial charge >= 0.3 is 0 Å². The highest BCUT2D eigenvalue weighted by molar-refractivity contribution is 6.33. The molecule has 1 aliphatic carbocycles. The first kappa shape index (κ1) is 22.9. The number of hydrogen-bond acceptors (Lipinski definition) is 6. The van der Waals surface area contributed by atoms with Crippen LogP contribution in [-0.4, -0.2) is 40.8 Å². The van der Waals surface area contributed by atoms with E-state index in [4.69, 9.17) is 27.1 Å². The van der Waals surface area contributed by atoms with Crippen LogP contribution in [0.3, 0.4) is 0 Å². The van der Waals surface area contributed by atoms with Gasteiger partial charge in [0.15, 0.2) is 0 Å². The summed E-state index contributed by atoms with van der Waals surface area (Å²) in [5.41, 5.74) is 8.76. The van der Waals surface area contributed by atoms with Crippen molar-refractivity contribution in [2.75, 3.05) is 25.1 Å². The fourth-order valence-corrected chi connectivity index (χ4v) is 4.48. The van der Waals surface area contributed by atoms with Crippen molar-refractivity contribution in [3.8, 4) is 11.3 Å². The van der Waals surface area contributed by atoms with E-state index in [9.17, 15) is 0 Å². The number of nitrogens with two attached hydrogens (primary N) is 1. The maximum Gasteiger partial charge on any atom is 0.145 e. The van der Waals surface area contributed by atoms with Crippen LogP contribution in [0.4, 0.5) is 5.82 Å². The molecule has 1 atom stereocenters. The molecule has 3 heterocycles. The summed E-state index contributed by atoms with van der Waals surface area (Å²) in [7, 11) is 0. The molecule has 0 amide bonds. The minimum atomic E-state index is 0. The molecule has 7 heteroatoms. The molecule has 164 valence electrons. The Kier molecular flexibility index (Phi) is 8.42. The van der Waals surface area contributed by atoms with Crippen LogP contribution in [0.25, 0.3) is 11.3 Å². The standard InChI is InChI=1S/C22H30ClN5O.CH4/c23-20-11-26-18(8-15-3-5-17(24)6-4-15)9-19(20)21-12-25-13-22(28-21)27-10-16-2-1-7-29-14-16;/h9,11-13,15-17H,1-8,10,14,24H2,(H,27,28);1H4/t15?,16-,17?;/m1./s1. The molecule has 2 fully saturated rings. The molecule has 0 aromatic carbocycles. The van der Waals surface area contributed by atoms with E-state index in [1.807, 2.05) is 0 Å². The van der Waals surface area contributed by atoms with Crippen LogP contribution in [0.5, 0.6) is 0 Å². The van der Waals surface area contributed by atoms with Crippen LogP contribution < -0.4 is 11.1 Å². The maximum absolute atomic E-state index is 6.46. The third kappa shape index (κ3) is 6.13. The monoisotopic (exact) mass is 431 g/mol. The second-order valence-corrected chi connectivity index (χ2v) is 8.80. The molecule has 1 saturated heterocycles. The quantitative estimate of drug-likeness (QED) is 0.687. The highest BCUT2D eigenvalue weighted by Gasteiger charge is 2.20. The van der Waals surface area contributed by atoms with Crippen molar-refractivity contribution < 1.29 is 4.74 Å². The highest BCUT2D eigenvalue weighted by Crippen LogP contribution is 2.30. The molecule has 2 aromatic heterocycles. The molecule has 2 aromatic rings. The Hall–Kier alpha value is -1.76. The van der Waals surface area contributed by atoms with Gasteiger partial charge < -0.3 is 15.8 Å². The average molecular weight is 432 g/mol. The molecule has 30 heavy (non-hydrogen) atoms. The van der Waals surface area contributed by atoms with Crippen molar-refractivity contribution in [3.05, 3.63) is 35.4 Å². The third-order valence-corrected chi connectivity index (χ3v) is 6.34. The lowest BCUT2D eigenvalue weighted by atomic mass is 9.83. The zero-order chi connectivity index (χ0) is 20.1. The molecule has 6 nitrogen and oxygen atoms in total. The molecular formula is C23H34ClN5O. The van der Waals surface area contributed by atoms with Gasteiger partial charge in [-0.05, 0) is 62.8 Å². The van der Waals surface area contributed by atoms with Gasteiger partial charge in [-0.15, -0.1) is 0 Å². The van der Waals surface area contributed by atoms with Gasteiger partial charge in [0.05, 0.1) is 29.7 Å². The molecule has 2 aliphatic rings. The highest BCUT2D eigenvalue weighted by atomic mass is 35.5. The summed E-state index contributed by atoms with van der Waals surface area (Å²) in [6.07, 6.45) is 13.1. The summed E-state index contributed by atoms with van der Waals surface area (Å²) >= 11 is 6.46. The number of ether oxygens (including phenoxy) is 1. The zero-order valence-corrected chi connectivity index (χ0v) is 17.6. The molecule has 1 saturated carbocycles. The van der Waals surface area contributed by atoms with Crippen LogP contribution in [0.2, 0.25) is 5.02 Å². The predicted octanol–water partition coefficient (Wildman–Crippen LogP) is 4.73. The van der Waals surface area contributed by atoms with Crippen molar-refractivity contribution in [1.82, 2.24) is 15.0 Å². The van der Waals surface area contributed by atoms with E-state index in [0.29, 0.717) is 22.9 Å². The fourth-order valence-electron chi connectivity index (χ4n) is 4.28. The normalized spacial score (nSPS) is 24.1. The fraction of sp³-hybridized carbons (Fsp3) is 0.609. The Bertz CT molecular complexity index is 804. The van der Waals surface area contributed by atoms with E-state index in [1.54, 1.807) is 18.6 Å². The number of nitrogens with zero attached hydrogens (tertiary/aromatic N) is 3. The van der Waals surface area contributed by atoms with Crippen molar-refractivity contribution >= 4 is 17.4 Å². The maximum atomic E-state index is 6.46. The number of nitrogens with one attached hydrogen (secondary N) is 1. The minimum absolute atomic E-state index is 0. The van der Waals surface area contributed by atoms with Gasteiger partial charge in [0.25, 0.3) is 0 Å². The van der Waals surface area contributed by atoms with E-state index in [0.717, 1.165) is 68.2 Å². The summed E-state index contributed by atoms with van der Waals surface area (Å²) in [5, 5.41) is 4.01. The Balaban J connectivity index is 0.00000256. The van der Waals surface area contributed by atoms with Crippen molar-refractivity contribution in [2.24, 2.45) is 17.6 Å². The molecular weight excluding hydrogens is 398 g/mol. The lowest BCUT2D eigenvalue weighted by molar-refractivity contribution is 0.0595. The third-order valence-electron chi connectivity index (χ3n) is 6.04. The van der Waals surface area contributed by atoms with E-state index in [-0.39, 0.29) is 7.43 Å². The Labute approximate surface area is 185 Å². The van der Waals surface area contributed by atoms with E-state index >= 15 is 0 Å². The molecule has 0 spiro atoms. The Morgan fingerprint density at radius 2 is 1.93 bits per heavy atom. The molecule has 1 aliphatic heterocycles. The smallest absolute Gasteiger partial charge is 0.145 e. The van der Waals surface area contributed by atoms with Gasteiger partial charge in [-0.25, -0.2) is 4.98 Å². The number of pyridine rings is 1. The van der Waals surface area contributed by atoms with Crippen molar-refractivity contribution in [1.29, 1.82) is 0 Å². The van der Waals surface area contributed by atoms with Gasteiger partial charge in [0.2, 0.25) is 0 Å². The van der Waals surface area contributed by atoms with Crippen LogP contribution in [0.1, 0.15) is 51.6 Å². The molecule has 4 rings (SSSR count). The summed E-state index contributed by atoms with van der Waals surface area (Å²) in [5.74, 6) is 1.94. The lowest BCUT2D eigenvalue weighted by Gasteiger charge is -2.25.